The number of nitrogens with zero attached hydrogens (tertiary/aromatic N) is 3. The van der Waals surface area contributed by atoms with Gasteiger partial charge in [-0.2, -0.15) is 0 Å². The van der Waals surface area contributed by atoms with E-state index in [1.54, 1.807) is 17.9 Å². The van der Waals surface area contributed by atoms with Crippen molar-refractivity contribution in [2.45, 2.75) is 51.7 Å². The van der Waals surface area contributed by atoms with Crippen molar-refractivity contribution in [1.82, 2.24) is 20.4 Å². The van der Waals surface area contributed by atoms with Gasteiger partial charge in [0.05, 0.1) is 12.6 Å². The first-order valence-corrected chi connectivity index (χ1v) is 10.5. The van der Waals surface area contributed by atoms with Crippen molar-refractivity contribution in [3.8, 4) is 0 Å². The van der Waals surface area contributed by atoms with Gasteiger partial charge >= 0.3 is 0 Å². The van der Waals surface area contributed by atoms with Crippen LogP contribution in [0.5, 0.6) is 0 Å². The number of carbonyl (C=O) groups excluding carboxylic acids is 1. The Bertz CT molecular complexity index is 690. The van der Waals surface area contributed by atoms with Crippen LogP contribution in [0.25, 0.3) is 0 Å². The highest BCUT2D eigenvalue weighted by atomic mass is 127. The topological polar surface area (TPSA) is 93.3 Å². The Morgan fingerprint density at radius 2 is 2.13 bits per heavy atom. The summed E-state index contributed by atoms with van der Waals surface area (Å²) in [4.78, 5) is 20.8. The molecule has 9 heteroatoms. The molecule has 1 saturated heterocycles. The number of aryl methyl sites for hydroxylation is 1. The van der Waals surface area contributed by atoms with Gasteiger partial charge in [0.2, 0.25) is 5.91 Å². The number of amides is 1. The Balaban J connectivity index is 0.00000450. The molecular weight excluding hydrogens is 497 g/mol. The SMILES string of the molecule is CCNC(=NCC(C)(O)c1ccc(C)o1)NCCCN1CCCC1C(=O)N(C)C.I. The lowest BCUT2D eigenvalue weighted by Crippen LogP contribution is -2.44. The summed E-state index contributed by atoms with van der Waals surface area (Å²) in [6.07, 6.45) is 2.92. The maximum absolute atomic E-state index is 12.3. The smallest absolute Gasteiger partial charge is 0.239 e. The van der Waals surface area contributed by atoms with E-state index in [2.05, 4.69) is 20.5 Å². The van der Waals surface area contributed by atoms with E-state index in [1.807, 2.05) is 34.0 Å². The van der Waals surface area contributed by atoms with E-state index in [0.717, 1.165) is 51.2 Å². The zero-order chi connectivity index (χ0) is 21.4. The fraction of sp³-hybridized carbons (Fsp3) is 0.714. The molecule has 172 valence electrons. The summed E-state index contributed by atoms with van der Waals surface area (Å²) >= 11 is 0. The number of hydrogen-bond donors (Lipinski definition) is 3. The Morgan fingerprint density at radius 3 is 2.73 bits per heavy atom. The number of likely N-dealkylation sites (tertiary alicyclic amines) is 1. The van der Waals surface area contributed by atoms with Gasteiger partial charge in [-0.3, -0.25) is 9.69 Å². The maximum atomic E-state index is 12.3. The largest absolute Gasteiger partial charge is 0.463 e. The molecule has 2 atom stereocenters. The van der Waals surface area contributed by atoms with Gasteiger partial charge in [0.15, 0.2) is 5.96 Å². The summed E-state index contributed by atoms with van der Waals surface area (Å²) in [5.74, 6) is 2.14. The molecule has 1 aliphatic rings. The normalized spacial score (nSPS) is 19.1. The summed E-state index contributed by atoms with van der Waals surface area (Å²) in [7, 11) is 3.64. The van der Waals surface area contributed by atoms with Crippen LogP contribution >= 0.6 is 24.0 Å². The van der Waals surface area contributed by atoms with Crippen LogP contribution in [0.1, 0.15) is 44.6 Å². The van der Waals surface area contributed by atoms with Gasteiger partial charge in [-0.1, -0.05) is 0 Å². The van der Waals surface area contributed by atoms with E-state index in [9.17, 15) is 9.90 Å². The molecule has 1 aromatic rings. The van der Waals surface area contributed by atoms with E-state index < -0.39 is 5.60 Å². The van der Waals surface area contributed by atoms with Crippen LogP contribution in [0, 0.1) is 6.92 Å². The predicted octanol–water partition coefficient (Wildman–Crippen LogP) is 1.91. The zero-order valence-electron chi connectivity index (χ0n) is 18.9. The number of carbonyl (C=O) groups is 1. The Labute approximate surface area is 197 Å². The molecule has 1 aliphatic heterocycles. The number of hydrogen-bond acceptors (Lipinski definition) is 5. The van der Waals surface area contributed by atoms with Crippen molar-refractivity contribution >= 4 is 35.8 Å². The highest BCUT2D eigenvalue weighted by Crippen LogP contribution is 2.23. The lowest BCUT2D eigenvalue weighted by Gasteiger charge is -2.26. The number of likely N-dealkylation sites (N-methyl/N-ethyl adjacent to an activating group) is 1. The summed E-state index contributed by atoms with van der Waals surface area (Å²) < 4.78 is 5.55. The van der Waals surface area contributed by atoms with E-state index in [-0.39, 0.29) is 42.5 Å². The lowest BCUT2D eigenvalue weighted by molar-refractivity contribution is -0.133. The minimum absolute atomic E-state index is 0. The monoisotopic (exact) mass is 535 g/mol. The number of rotatable bonds is 9. The summed E-state index contributed by atoms with van der Waals surface area (Å²) in [6.45, 7) is 9.09. The van der Waals surface area contributed by atoms with E-state index in [4.69, 9.17) is 4.42 Å². The fourth-order valence-electron chi connectivity index (χ4n) is 3.54. The molecule has 0 bridgehead atoms. The minimum Gasteiger partial charge on any atom is -0.463 e. The van der Waals surface area contributed by atoms with Crippen molar-refractivity contribution in [3.05, 3.63) is 23.7 Å². The number of aliphatic hydroxyl groups is 1. The Hall–Kier alpha value is -1.33. The van der Waals surface area contributed by atoms with Crippen LogP contribution in [-0.2, 0) is 10.4 Å². The summed E-state index contributed by atoms with van der Waals surface area (Å²) in [5, 5.41) is 17.2. The molecule has 8 nitrogen and oxygen atoms in total. The third-order valence-corrected chi connectivity index (χ3v) is 5.16. The molecule has 0 spiro atoms. The lowest BCUT2D eigenvalue weighted by atomic mass is 10.0. The van der Waals surface area contributed by atoms with Crippen molar-refractivity contribution in [1.29, 1.82) is 0 Å². The van der Waals surface area contributed by atoms with Crippen LogP contribution in [0.15, 0.2) is 21.5 Å². The molecule has 1 amide bonds. The predicted molar refractivity (Wildman–Crippen MR) is 130 cm³/mol. The molecule has 0 aromatic carbocycles. The molecule has 0 radical (unpaired) electrons. The highest BCUT2D eigenvalue weighted by Gasteiger charge is 2.31. The van der Waals surface area contributed by atoms with Gasteiger partial charge < -0.3 is 25.1 Å². The molecule has 30 heavy (non-hydrogen) atoms. The third kappa shape index (κ3) is 7.73. The van der Waals surface area contributed by atoms with Gasteiger partial charge in [-0.05, 0) is 58.7 Å². The Kier molecular flexibility index (Phi) is 11.1. The van der Waals surface area contributed by atoms with Crippen LogP contribution in [0.4, 0.5) is 0 Å². The van der Waals surface area contributed by atoms with Crippen molar-refractivity contribution < 1.29 is 14.3 Å². The first-order valence-electron chi connectivity index (χ1n) is 10.5. The summed E-state index contributed by atoms with van der Waals surface area (Å²) in [6, 6.07) is 3.63. The van der Waals surface area contributed by atoms with Crippen molar-refractivity contribution in [3.63, 3.8) is 0 Å². The number of halogens is 1. The number of furan rings is 1. The molecule has 1 fully saturated rings. The molecule has 1 aromatic heterocycles. The van der Waals surface area contributed by atoms with E-state index >= 15 is 0 Å². The molecule has 0 aliphatic carbocycles. The second kappa shape index (κ2) is 12.5. The maximum Gasteiger partial charge on any atom is 0.239 e. The van der Waals surface area contributed by atoms with Crippen LogP contribution in [-0.4, -0.2) is 79.6 Å². The molecule has 3 N–H and O–H groups in total. The summed E-state index contributed by atoms with van der Waals surface area (Å²) in [5.41, 5.74) is -1.16. The van der Waals surface area contributed by atoms with Gasteiger partial charge in [-0.25, -0.2) is 4.99 Å². The zero-order valence-corrected chi connectivity index (χ0v) is 21.2. The van der Waals surface area contributed by atoms with E-state index in [0.29, 0.717) is 11.7 Å². The second-order valence-electron chi connectivity index (χ2n) is 8.09. The van der Waals surface area contributed by atoms with Crippen molar-refractivity contribution in [2.24, 2.45) is 4.99 Å². The Morgan fingerprint density at radius 1 is 1.40 bits per heavy atom. The van der Waals surface area contributed by atoms with Crippen LogP contribution in [0.2, 0.25) is 0 Å². The first-order chi connectivity index (χ1) is 13.7. The molecule has 2 rings (SSSR count). The average Bonchev–Trinajstić information content (AvgIpc) is 3.31. The van der Waals surface area contributed by atoms with Gasteiger partial charge in [-0.15, -0.1) is 24.0 Å². The standard InChI is InChI=1S/C21H37N5O3.HI/c1-6-22-20(24-15-21(3,28)18-11-10-16(2)29-18)23-12-8-14-26-13-7-9-17(26)19(27)25(4)5;/h10-11,17,28H,6-9,12-15H2,1-5H3,(H2,22,23,24);1H. The first kappa shape index (κ1) is 26.7. The van der Waals surface area contributed by atoms with Gasteiger partial charge in [0.1, 0.15) is 17.1 Å². The molecule has 2 heterocycles. The average molecular weight is 535 g/mol. The van der Waals surface area contributed by atoms with Crippen LogP contribution in [0.3, 0.4) is 0 Å². The van der Waals surface area contributed by atoms with Crippen LogP contribution < -0.4 is 10.6 Å². The van der Waals surface area contributed by atoms with Crippen molar-refractivity contribution in [2.75, 3.05) is 46.8 Å². The van der Waals surface area contributed by atoms with E-state index in [1.165, 1.54) is 0 Å². The minimum atomic E-state index is -1.16. The third-order valence-electron chi connectivity index (χ3n) is 5.16. The molecular formula is C21H38IN5O3. The quantitative estimate of drug-likeness (QED) is 0.194. The number of nitrogens with one attached hydrogen (secondary N) is 2. The van der Waals surface area contributed by atoms with Gasteiger partial charge in [0.25, 0.3) is 0 Å². The molecule has 2 unspecified atom stereocenters. The highest BCUT2D eigenvalue weighted by molar-refractivity contribution is 14.0. The molecule has 0 saturated carbocycles. The number of aliphatic imine (C=N–C) groups is 1. The second-order valence-corrected chi connectivity index (χ2v) is 8.09. The van der Waals surface area contributed by atoms with Gasteiger partial charge in [0, 0.05) is 33.7 Å². The number of guanidine groups is 1. The fourth-order valence-corrected chi connectivity index (χ4v) is 3.54.